The summed E-state index contributed by atoms with van der Waals surface area (Å²) in [5, 5.41) is 0. The zero-order valence-electron chi connectivity index (χ0n) is 9.05. The third-order valence-corrected chi connectivity index (χ3v) is 2.48. The van der Waals surface area contributed by atoms with E-state index < -0.39 is 0 Å². The van der Waals surface area contributed by atoms with Crippen LogP contribution in [0.5, 0.6) is 0 Å². The van der Waals surface area contributed by atoms with Gasteiger partial charge in [0, 0.05) is 10.9 Å². The molecule has 0 N–H and O–H groups in total. The maximum absolute atomic E-state index is 11.2. The molecule has 3 heteroatoms. The summed E-state index contributed by atoms with van der Waals surface area (Å²) < 4.78 is 5.93. The Balaban J connectivity index is 2.54. The number of aryl methyl sites for hydroxylation is 2. The highest BCUT2D eigenvalue weighted by molar-refractivity contribution is 9.10. The first-order valence-corrected chi connectivity index (χ1v) is 5.83. The predicted octanol–water partition coefficient (Wildman–Crippen LogP) is 3.25. The molecule has 0 aliphatic rings. The number of carbonyl (C=O) groups excluding carboxylic acids is 1. The number of carbonyl (C=O) groups is 1. The van der Waals surface area contributed by atoms with E-state index in [1.54, 1.807) is 0 Å². The molecule has 0 fully saturated rings. The summed E-state index contributed by atoms with van der Waals surface area (Å²) in [5.74, 6) is -0.130. The number of halogens is 1. The molecule has 0 atom stereocenters. The average Bonchev–Trinajstić information content (AvgIpc) is 2.14. The summed E-state index contributed by atoms with van der Waals surface area (Å²) in [4.78, 5) is 11.2. The Bertz CT molecular complexity index is 327. The van der Waals surface area contributed by atoms with Crippen LogP contribution in [0.2, 0.25) is 0 Å². The van der Waals surface area contributed by atoms with Gasteiger partial charge in [0.05, 0.1) is 6.61 Å². The fourth-order valence-corrected chi connectivity index (χ4v) is 2.09. The molecule has 0 amide bonds. The molecule has 0 saturated carbocycles. The number of benzene rings is 1. The smallest absolute Gasteiger partial charge is 0.306 e. The maximum atomic E-state index is 11.2. The van der Waals surface area contributed by atoms with Gasteiger partial charge in [-0.3, -0.25) is 4.79 Å². The van der Waals surface area contributed by atoms with Gasteiger partial charge in [-0.1, -0.05) is 22.0 Å². The van der Waals surface area contributed by atoms with Crippen LogP contribution >= 0.6 is 15.9 Å². The van der Waals surface area contributed by atoms with Crippen LogP contribution in [-0.4, -0.2) is 12.6 Å². The van der Waals surface area contributed by atoms with E-state index in [9.17, 15) is 4.79 Å². The standard InChI is InChI=1S/C12H15BrO2/c1-3-15-12(14)5-4-10-6-9(2)7-11(13)8-10/h6-8H,3-5H2,1-2H3. The van der Waals surface area contributed by atoms with Crippen LogP contribution in [-0.2, 0) is 16.0 Å². The first kappa shape index (κ1) is 12.2. The van der Waals surface area contributed by atoms with Gasteiger partial charge in [-0.25, -0.2) is 0 Å². The van der Waals surface area contributed by atoms with Crippen LogP contribution in [0.4, 0.5) is 0 Å². The number of ether oxygens (including phenoxy) is 1. The monoisotopic (exact) mass is 270 g/mol. The molecule has 82 valence electrons. The average molecular weight is 271 g/mol. The van der Waals surface area contributed by atoms with Gasteiger partial charge in [-0.05, 0) is 43.5 Å². The summed E-state index contributed by atoms with van der Waals surface area (Å²) in [5.41, 5.74) is 2.36. The molecule has 0 heterocycles. The summed E-state index contributed by atoms with van der Waals surface area (Å²) in [6, 6.07) is 6.17. The van der Waals surface area contributed by atoms with Crippen molar-refractivity contribution < 1.29 is 9.53 Å². The second-order valence-corrected chi connectivity index (χ2v) is 4.36. The number of esters is 1. The van der Waals surface area contributed by atoms with E-state index in [-0.39, 0.29) is 5.97 Å². The molecule has 0 bridgehead atoms. The van der Waals surface area contributed by atoms with Gasteiger partial charge in [-0.2, -0.15) is 0 Å². The fourth-order valence-electron chi connectivity index (χ4n) is 1.44. The van der Waals surface area contributed by atoms with Crippen LogP contribution in [0.15, 0.2) is 22.7 Å². The van der Waals surface area contributed by atoms with Gasteiger partial charge < -0.3 is 4.74 Å². The zero-order chi connectivity index (χ0) is 11.3. The molecule has 1 aromatic carbocycles. The Kier molecular flexibility index (Phi) is 4.82. The minimum Gasteiger partial charge on any atom is -0.466 e. The highest BCUT2D eigenvalue weighted by Crippen LogP contribution is 2.16. The molecule has 0 unspecified atom stereocenters. The van der Waals surface area contributed by atoms with Gasteiger partial charge >= 0.3 is 5.97 Å². The molecular formula is C12H15BrO2. The summed E-state index contributed by atoms with van der Waals surface area (Å²) >= 11 is 3.43. The van der Waals surface area contributed by atoms with Gasteiger partial charge in [0.1, 0.15) is 0 Å². The Morgan fingerprint density at radius 2 is 2.13 bits per heavy atom. The lowest BCUT2D eigenvalue weighted by Crippen LogP contribution is -2.05. The molecule has 15 heavy (non-hydrogen) atoms. The van der Waals surface area contributed by atoms with Gasteiger partial charge in [0.2, 0.25) is 0 Å². The fraction of sp³-hybridized carbons (Fsp3) is 0.417. The van der Waals surface area contributed by atoms with E-state index in [1.807, 2.05) is 26.0 Å². The second kappa shape index (κ2) is 5.91. The highest BCUT2D eigenvalue weighted by Gasteiger charge is 2.03. The van der Waals surface area contributed by atoms with Crippen molar-refractivity contribution in [3.05, 3.63) is 33.8 Å². The lowest BCUT2D eigenvalue weighted by Gasteiger charge is -2.04. The topological polar surface area (TPSA) is 26.3 Å². The first-order chi connectivity index (χ1) is 7.11. The third-order valence-electron chi connectivity index (χ3n) is 2.03. The van der Waals surface area contributed by atoms with Gasteiger partial charge in [0.15, 0.2) is 0 Å². The second-order valence-electron chi connectivity index (χ2n) is 3.44. The van der Waals surface area contributed by atoms with Gasteiger partial charge in [-0.15, -0.1) is 0 Å². The number of rotatable bonds is 4. The van der Waals surface area contributed by atoms with Crippen LogP contribution in [0.3, 0.4) is 0 Å². The Labute approximate surface area is 98.8 Å². The largest absolute Gasteiger partial charge is 0.466 e. The van der Waals surface area contributed by atoms with Crippen molar-refractivity contribution in [2.75, 3.05) is 6.61 Å². The molecule has 0 aliphatic heterocycles. The molecule has 1 rings (SSSR count). The van der Waals surface area contributed by atoms with E-state index in [4.69, 9.17) is 4.74 Å². The van der Waals surface area contributed by atoms with E-state index in [0.717, 1.165) is 16.5 Å². The van der Waals surface area contributed by atoms with Crippen molar-refractivity contribution in [3.8, 4) is 0 Å². The summed E-state index contributed by atoms with van der Waals surface area (Å²) in [6.07, 6.45) is 1.18. The third kappa shape index (κ3) is 4.47. The molecule has 0 saturated heterocycles. The molecular weight excluding hydrogens is 256 g/mol. The summed E-state index contributed by atoms with van der Waals surface area (Å²) in [6.45, 7) is 4.32. The molecule has 0 aromatic heterocycles. The zero-order valence-corrected chi connectivity index (χ0v) is 10.6. The van der Waals surface area contributed by atoms with E-state index >= 15 is 0 Å². The van der Waals surface area contributed by atoms with Crippen molar-refractivity contribution in [2.24, 2.45) is 0 Å². The Hall–Kier alpha value is -0.830. The SMILES string of the molecule is CCOC(=O)CCc1cc(C)cc(Br)c1. The molecule has 0 radical (unpaired) electrons. The van der Waals surface area contributed by atoms with Crippen molar-refractivity contribution in [2.45, 2.75) is 26.7 Å². The Morgan fingerprint density at radius 3 is 2.73 bits per heavy atom. The van der Waals surface area contributed by atoms with Crippen molar-refractivity contribution in [1.29, 1.82) is 0 Å². The van der Waals surface area contributed by atoms with E-state index in [1.165, 1.54) is 5.56 Å². The van der Waals surface area contributed by atoms with Crippen LogP contribution in [0.1, 0.15) is 24.5 Å². The van der Waals surface area contributed by atoms with E-state index in [0.29, 0.717) is 13.0 Å². The summed E-state index contributed by atoms with van der Waals surface area (Å²) in [7, 11) is 0. The van der Waals surface area contributed by atoms with Crippen molar-refractivity contribution >= 4 is 21.9 Å². The van der Waals surface area contributed by atoms with Crippen molar-refractivity contribution in [1.82, 2.24) is 0 Å². The lowest BCUT2D eigenvalue weighted by molar-refractivity contribution is -0.143. The van der Waals surface area contributed by atoms with E-state index in [2.05, 4.69) is 22.0 Å². The minimum absolute atomic E-state index is 0.130. The van der Waals surface area contributed by atoms with Crippen LogP contribution < -0.4 is 0 Å². The Morgan fingerprint density at radius 1 is 1.40 bits per heavy atom. The molecule has 1 aromatic rings. The molecule has 2 nitrogen and oxygen atoms in total. The molecule has 0 spiro atoms. The normalized spacial score (nSPS) is 10.1. The highest BCUT2D eigenvalue weighted by atomic mass is 79.9. The lowest BCUT2D eigenvalue weighted by atomic mass is 10.1. The minimum atomic E-state index is -0.130. The quantitative estimate of drug-likeness (QED) is 0.786. The van der Waals surface area contributed by atoms with Crippen LogP contribution in [0.25, 0.3) is 0 Å². The van der Waals surface area contributed by atoms with Crippen molar-refractivity contribution in [3.63, 3.8) is 0 Å². The number of hydrogen-bond acceptors (Lipinski definition) is 2. The number of hydrogen-bond donors (Lipinski definition) is 0. The van der Waals surface area contributed by atoms with Crippen LogP contribution in [0, 0.1) is 6.92 Å². The predicted molar refractivity (Wildman–Crippen MR) is 63.8 cm³/mol. The first-order valence-electron chi connectivity index (χ1n) is 5.03. The van der Waals surface area contributed by atoms with Gasteiger partial charge in [0.25, 0.3) is 0 Å². The molecule has 0 aliphatic carbocycles. The maximum Gasteiger partial charge on any atom is 0.306 e.